The fourth-order valence-electron chi connectivity index (χ4n) is 4.80. The van der Waals surface area contributed by atoms with Crippen LogP contribution in [-0.2, 0) is 0 Å². The summed E-state index contributed by atoms with van der Waals surface area (Å²) < 4.78 is 3.04. The number of benzene rings is 2. The Hall–Kier alpha value is -4.39. The highest BCUT2D eigenvalue weighted by molar-refractivity contribution is 7.22. The Morgan fingerprint density at radius 2 is 1.82 bits per heavy atom. The maximum absolute atomic E-state index is 13.1. The van der Waals surface area contributed by atoms with Gasteiger partial charge in [-0.05, 0) is 67.1 Å². The SMILES string of the molecule is Cc1ccc2nc(NC(=O)c3ccc4ccc(N5CCN(C(=O)c6ccc(C#N)cc6Cl)CC5)n4c3)sc2c1. The van der Waals surface area contributed by atoms with Gasteiger partial charge in [0.2, 0.25) is 0 Å². The Bertz CT molecular complexity index is 1790. The summed E-state index contributed by atoms with van der Waals surface area (Å²) in [5, 5.41) is 12.8. The van der Waals surface area contributed by atoms with Gasteiger partial charge in [-0.1, -0.05) is 29.0 Å². The summed E-state index contributed by atoms with van der Waals surface area (Å²) in [7, 11) is 0. The molecule has 0 bridgehead atoms. The van der Waals surface area contributed by atoms with Crippen molar-refractivity contribution in [3.8, 4) is 6.07 Å². The van der Waals surface area contributed by atoms with Crippen molar-refractivity contribution in [3.63, 3.8) is 0 Å². The molecule has 1 saturated heterocycles. The summed E-state index contributed by atoms with van der Waals surface area (Å²) in [6.07, 6.45) is 1.84. The zero-order valence-corrected chi connectivity index (χ0v) is 22.6. The number of piperazine rings is 1. The van der Waals surface area contributed by atoms with Crippen LogP contribution < -0.4 is 10.2 Å². The van der Waals surface area contributed by atoms with Crippen LogP contribution in [0.5, 0.6) is 0 Å². The number of pyridine rings is 1. The largest absolute Gasteiger partial charge is 0.354 e. The second kappa shape index (κ2) is 10.1. The van der Waals surface area contributed by atoms with Crippen molar-refractivity contribution in [3.05, 3.63) is 94.1 Å². The van der Waals surface area contributed by atoms with Crippen LogP contribution >= 0.6 is 22.9 Å². The van der Waals surface area contributed by atoms with Crippen molar-refractivity contribution in [1.29, 1.82) is 5.26 Å². The number of carbonyl (C=O) groups excluding carboxylic acids is 2. The van der Waals surface area contributed by atoms with Crippen LogP contribution in [0.2, 0.25) is 5.02 Å². The fourth-order valence-corrected chi connectivity index (χ4v) is 6.02. The number of nitriles is 1. The van der Waals surface area contributed by atoms with Crippen LogP contribution in [0, 0.1) is 18.3 Å². The van der Waals surface area contributed by atoms with E-state index in [4.69, 9.17) is 16.9 Å². The third-order valence-electron chi connectivity index (χ3n) is 6.88. The smallest absolute Gasteiger partial charge is 0.258 e. The van der Waals surface area contributed by atoms with Crippen molar-refractivity contribution in [2.24, 2.45) is 0 Å². The number of carbonyl (C=O) groups is 2. The van der Waals surface area contributed by atoms with Crippen molar-refractivity contribution >= 4 is 61.4 Å². The molecular formula is C29H23ClN6O2S. The summed E-state index contributed by atoms with van der Waals surface area (Å²) in [4.78, 5) is 34.7. The van der Waals surface area contributed by atoms with Gasteiger partial charge < -0.3 is 14.2 Å². The number of halogens is 1. The zero-order valence-electron chi connectivity index (χ0n) is 21.0. The van der Waals surface area contributed by atoms with Gasteiger partial charge in [-0.15, -0.1) is 0 Å². The number of aromatic nitrogens is 2. The molecule has 2 amide bonds. The summed E-state index contributed by atoms with van der Waals surface area (Å²) in [5.74, 6) is 0.591. The molecule has 1 aliphatic heterocycles. The third kappa shape index (κ3) is 4.80. The molecule has 2 aromatic carbocycles. The number of hydrogen-bond acceptors (Lipinski definition) is 6. The average Bonchev–Trinajstić information content (AvgIpc) is 3.55. The van der Waals surface area contributed by atoms with Gasteiger partial charge in [0.05, 0.1) is 38.0 Å². The highest BCUT2D eigenvalue weighted by Crippen LogP contribution is 2.28. The zero-order chi connectivity index (χ0) is 27.1. The van der Waals surface area contributed by atoms with Crippen LogP contribution in [0.3, 0.4) is 0 Å². The van der Waals surface area contributed by atoms with Crippen molar-refractivity contribution < 1.29 is 9.59 Å². The number of hydrogen-bond donors (Lipinski definition) is 1. The van der Waals surface area contributed by atoms with Gasteiger partial charge in [-0.25, -0.2) is 4.98 Å². The molecule has 0 spiro atoms. The molecule has 194 valence electrons. The van der Waals surface area contributed by atoms with Crippen LogP contribution in [0.15, 0.2) is 66.9 Å². The summed E-state index contributed by atoms with van der Waals surface area (Å²) in [6.45, 7) is 4.35. The van der Waals surface area contributed by atoms with Gasteiger partial charge in [0, 0.05) is 37.9 Å². The van der Waals surface area contributed by atoms with E-state index in [9.17, 15) is 9.59 Å². The first-order valence-electron chi connectivity index (χ1n) is 12.4. The van der Waals surface area contributed by atoms with Crippen LogP contribution in [0.1, 0.15) is 31.8 Å². The molecule has 0 atom stereocenters. The number of rotatable bonds is 4. The summed E-state index contributed by atoms with van der Waals surface area (Å²) in [5.41, 5.74) is 4.33. The van der Waals surface area contributed by atoms with E-state index >= 15 is 0 Å². The average molecular weight is 555 g/mol. The van der Waals surface area contributed by atoms with Crippen LogP contribution in [0.4, 0.5) is 10.9 Å². The van der Waals surface area contributed by atoms with Gasteiger partial charge in [0.15, 0.2) is 5.13 Å². The molecule has 1 fully saturated rings. The number of amides is 2. The van der Waals surface area contributed by atoms with E-state index in [-0.39, 0.29) is 16.8 Å². The molecule has 5 aromatic rings. The molecule has 8 nitrogen and oxygen atoms in total. The Kier molecular flexibility index (Phi) is 6.43. The first-order chi connectivity index (χ1) is 18.9. The topological polar surface area (TPSA) is 93.7 Å². The lowest BCUT2D eigenvalue weighted by atomic mass is 10.1. The first kappa shape index (κ1) is 24.9. The van der Waals surface area contributed by atoms with E-state index in [0.29, 0.717) is 48.0 Å². The Morgan fingerprint density at radius 1 is 1.03 bits per heavy atom. The molecule has 4 heterocycles. The molecule has 0 unspecified atom stereocenters. The van der Waals surface area contributed by atoms with E-state index in [0.717, 1.165) is 27.1 Å². The van der Waals surface area contributed by atoms with E-state index in [1.165, 1.54) is 17.4 Å². The minimum Gasteiger partial charge on any atom is -0.354 e. The van der Waals surface area contributed by atoms with E-state index in [1.54, 1.807) is 17.0 Å². The maximum atomic E-state index is 13.1. The van der Waals surface area contributed by atoms with Crippen molar-refractivity contribution in [2.45, 2.75) is 6.92 Å². The highest BCUT2D eigenvalue weighted by Gasteiger charge is 2.25. The third-order valence-corrected chi connectivity index (χ3v) is 8.12. The van der Waals surface area contributed by atoms with Crippen molar-refractivity contribution in [2.75, 3.05) is 36.4 Å². The Balaban J connectivity index is 1.17. The quantitative estimate of drug-likeness (QED) is 0.312. The van der Waals surface area contributed by atoms with Gasteiger partial charge in [0.1, 0.15) is 5.82 Å². The number of nitrogens with one attached hydrogen (secondary N) is 1. The first-order valence-corrected chi connectivity index (χ1v) is 13.6. The molecule has 0 saturated carbocycles. The molecular weight excluding hydrogens is 532 g/mol. The molecule has 3 aromatic heterocycles. The molecule has 0 radical (unpaired) electrons. The lowest BCUT2D eigenvalue weighted by molar-refractivity contribution is 0.0746. The summed E-state index contributed by atoms with van der Waals surface area (Å²) >= 11 is 7.72. The molecule has 6 rings (SSSR count). The predicted molar refractivity (Wildman–Crippen MR) is 154 cm³/mol. The Labute approximate surface area is 233 Å². The van der Waals surface area contributed by atoms with Gasteiger partial charge in [0.25, 0.3) is 11.8 Å². The Morgan fingerprint density at radius 3 is 2.59 bits per heavy atom. The standard InChI is InChI=1S/C29H23ClN6O2S/c1-18-2-8-24-25(14-18)39-29(32-24)33-27(37)20-4-5-21-6-9-26(36(21)17-20)34-10-12-35(13-11-34)28(38)22-7-3-19(16-31)15-23(22)30/h2-9,14-15,17H,10-13H2,1H3,(H,32,33,37). The van der Waals surface area contributed by atoms with Gasteiger partial charge >= 0.3 is 0 Å². The van der Waals surface area contributed by atoms with Gasteiger partial charge in [-0.2, -0.15) is 5.26 Å². The van der Waals surface area contributed by atoms with E-state index in [2.05, 4.69) is 21.3 Å². The van der Waals surface area contributed by atoms with Crippen molar-refractivity contribution in [1.82, 2.24) is 14.3 Å². The van der Waals surface area contributed by atoms with E-state index < -0.39 is 0 Å². The minimum atomic E-state index is -0.220. The molecule has 0 aliphatic carbocycles. The predicted octanol–water partition coefficient (Wildman–Crippen LogP) is 5.60. The fraction of sp³-hybridized carbons (Fsp3) is 0.172. The monoisotopic (exact) mass is 554 g/mol. The number of anilines is 2. The molecule has 1 aliphatic rings. The number of nitrogens with zero attached hydrogens (tertiary/aromatic N) is 5. The van der Waals surface area contributed by atoms with Crippen LogP contribution in [-0.4, -0.2) is 52.3 Å². The van der Waals surface area contributed by atoms with Gasteiger partial charge in [-0.3, -0.25) is 14.9 Å². The number of fused-ring (bicyclic) bond motifs is 2. The molecule has 39 heavy (non-hydrogen) atoms. The molecule has 10 heteroatoms. The summed E-state index contributed by atoms with van der Waals surface area (Å²) in [6, 6.07) is 20.6. The number of thiazole rings is 1. The highest BCUT2D eigenvalue weighted by atomic mass is 35.5. The number of aryl methyl sites for hydroxylation is 1. The van der Waals surface area contributed by atoms with E-state index in [1.807, 2.05) is 60.0 Å². The maximum Gasteiger partial charge on any atom is 0.258 e. The molecule has 1 N–H and O–H groups in total. The second-order valence-electron chi connectivity index (χ2n) is 9.43. The lowest BCUT2D eigenvalue weighted by Gasteiger charge is -2.36. The van der Waals surface area contributed by atoms with Crippen LogP contribution in [0.25, 0.3) is 15.7 Å². The lowest BCUT2D eigenvalue weighted by Crippen LogP contribution is -2.49. The second-order valence-corrected chi connectivity index (χ2v) is 10.9. The normalized spacial score (nSPS) is 13.6. The minimum absolute atomic E-state index is 0.145.